The maximum absolute atomic E-state index is 9.34. The van der Waals surface area contributed by atoms with Crippen molar-refractivity contribution in [3.63, 3.8) is 0 Å². The molecular weight excluding hydrogens is 581 g/mol. The summed E-state index contributed by atoms with van der Waals surface area (Å²) in [4.78, 5) is 10.2. The van der Waals surface area contributed by atoms with E-state index in [2.05, 4.69) is 138 Å². The fraction of sp³-hybridized carbons (Fsp3) is 0.122. The van der Waals surface area contributed by atoms with Gasteiger partial charge < -0.3 is 9.80 Å². The number of hydrogen-bond acceptors (Lipinski definition) is 5. The number of aliphatic imine (C=N–C) groups is 1. The van der Waals surface area contributed by atoms with Gasteiger partial charge in [0, 0.05) is 39.2 Å². The van der Waals surface area contributed by atoms with Crippen LogP contribution in [0.2, 0.25) is 0 Å². The van der Waals surface area contributed by atoms with Gasteiger partial charge in [-0.2, -0.15) is 5.26 Å². The van der Waals surface area contributed by atoms with E-state index in [9.17, 15) is 5.26 Å². The predicted octanol–water partition coefficient (Wildman–Crippen LogP) is 10.0. The molecule has 9 rings (SSSR count). The number of anilines is 2. The van der Waals surface area contributed by atoms with Crippen LogP contribution in [-0.4, -0.2) is 16.3 Å². The SMILES string of the molecule is CC12C=CC=CC1c1ccc3c(sc4ccccc43)c1N2c1cccc(C2=N[C@H](c3ccc(C#N)cc3)N2Cc2ccccc2)c1. The monoisotopic (exact) mass is 610 g/mol. The Morgan fingerprint density at radius 1 is 0.848 bits per heavy atom. The largest absolute Gasteiger partial charge is 0.330 e. The molecule has 5 heteroatoms. The van der Waals surface area contributed by atoms with Crippen LogP contribution in [0.15, 0.2) is 145 Å². The lowest BCUT2D eigenvalue weighted by Gasteiger charge is -2.42. The zero-order valence-corrected chi connectivity index (χ0v) is 26.2. The lowest BCUT2D eigenvalue weighted by Crippen LogP contribution is -2.43. The van der Waals surface area contributed by atoms with Crippen molar-refractivity contribution in [2.45, 2.75) is 31.1 Å². The van der Waals surface area contributed by atoms with Gasteiger partial charge in [0.15, 0.2) is 6.17 Å². The summed E-state index contributed by atoms with van der Waals surface area (Å²) in [5, 5.41) is 12.0. The number of thiophene rings is 1. The maximum Gasteiger partial charge on any atom is 0.150 e. The lowest BCUT2D eigenvalue weighted by molar-refractivity contribution is 0.268. The second kappa shape index (κ2) is 10.3. The van der Waals surface area contributed by atoms with Gasteiger partial charge in [-0.1, -0.05) is 109 Å². The van der Waals surface area contributed by atoms with Gasteiger partial charge in [-0.25, -0.2) is 4.99 Å². The Balaban J connectivity index is 1.17. The lowest BCUT2D eigenvalue weighted by atomic mass is 9.80. The Labute approximate surface area is 272 Å². The molecule has 0 N–H and O–H groups in total. The molecule has 3 aliphatic rings. The van der Waals surface area contributed by atoms with E-state index in [0.717, 1.165) is 29.2 Å². The molecule has 0 saturated carbocycles. The van der Waals surface area contributed by atoms with Crippen molar-refractivity contribution in [2.75, 3.05) is 4.90 Å². The summed E-state index contributed by atoms with van der Waals surface area (Å²) in [6.45, 7) is 3.11. The van der Waals surface area contributed by atoms with Gasteiger partial charge in [-0.15, -0.1) is 11.3 Å². The topological polar surface area (TPSA) is 42.6 Å². The van der Waals surface area contributed by atoms with E-state index >= 15 is 0 Å². The Morgan fingerprint density at radius 3 is 2.52 bits per heavy atom. The van der Waals surface area contributed by atoms with Crippen molar-refractivity contribution in [3.8, 4) is 6.07 Å². The number of rotatable bonds is 5. The number of nitrogens with zero attached hydrogens (tertiary/aromatic N) is 4. The van der Waals surface area contributed by atoms with E-state index < -0.39 is 0 Å². The Hall–Kier alpha value is -5.44. The molecule has 0 saturated heterocycles. The van der Waals surface area contributed by atoms with Crippen LogP contribution in [0, 0.1) is 11.3 Å². The highest BCUT2D eigenvalue weighted by molar-refractivity contribution is 7.26. The first-order valence-electron chi connectivity index (χ1n) is 15.7. The number of benzene rings is 5. The molecule has 2 unspecified atom stereocenters. The van der Waals surface area contributed by atoms with Crippen molar-refractivity contribution in [3.05, 3.63) is 167 Å². The number of nitriles is 1. The van der Waals surface area contributed by atoms with Crippen molar-refractivity contribution in [1.82, 2.24) is 4.90 Å². The fourth-order valence-electron chi connectivity index (χ4n) is 7.55. The van der Waals surface area contributed by atoms with Crippen molar-refractivity contribution in [1.29, 1.82) is 5.26 Å². The Morgan fingerprint density at radius 2 is 1.67 bits per heavy atom. The van der Waals surface area contributed by atoms with Crippen LogP contribution in [0.25, 0.3) is 20.2 Å². The average Bonchev–Trinajstić information content (AvgIpc) is 3.60. The van der Waals surface area contributed by atoms with Crippen molar-refractivity contribution < 1.29 is 0 Å². The van der Waals surface area contributed by atoms with E-state index in [-0.39, 0.29) is 17.6 Å². The van der Waals surface area contributed by atoms with Crippen LogP contribution in [0.4, 0.5) is 11.4 Å². The molecule has 2 aliphatic heterocycles. The Bertz CT molecular complexity index is 2290. The van der Waals surface area contributed by atoms with Crippen LogP contribution in [-0.2, 0) is 6.54 Å². The number of fused-ring (bicyclic) bond motifs is 7. The molecule has 46 heavy (non-hydrogen) atoms. The summed E-state index contributed by atoms with van der Waals surface area (Å²) < 4.78 is 2.66. The van der Waals surface area contributed by atoms with E-state index in [0.29, 0.717) is 5.56 Å². The fourth-order valence-corrected chi connectivity index (χ4v) is 8.79. The molecule has 0 radical (unpaired) electrons. The molecule has 1 aliphatic carbocycles. The smallest absolute Gasteiger partial charge is 0.150 e. The van der Waals surface area contributed by atoms with Gasteiger partial charge in [0.25, 0.3) is 0 Å². The summed E-state index contributed by atoms with van der Waals surface area (Å²) in [5.41, 5.74) is 7.70. The van der Waals surface area contributed by atoms with Crippen LogP contribution in [0.1, 0.15) is 46.8 Å². The first-order chi connectivity index (χ1) is 22.6. The zero-order valence-electron chi connectivity index (χ0n) is 25.3. The van der Waals surface area contributed by atoms with E-state index in [4.69, 9.17) is 4.99 Å². The Kier molecular flexibility index (Phi) is 6.03. The van der Waals surface area contributed by atoms with Crippen LogP contribution >= 0.6 is 11.3 Å². The molecule has 3 atom stereocenters. The second-order valence-corrected chi connectivity index (χ2v) is 13.5. The molecule has 0 amide bonds. The summed E-state index contributed by atoms with van der Waals surface area (Å²) in [5.74, 6) is 1.24. The van der Waals surface area contributed by atoms with Gasteiger partial charge in [0.1, 0.15) is 5.84 Å². The van der Waals surface area contributed by atoms with E-state index in [1.54, 1.807) is 0 Å². The third-order valence-electron chi connectivity index (χ3n) is 9.78. The van der Waals surface area contributed by atoms with Gasteiger partial charge in [0.2, 0.25) is 0 Å². The van der Waals surface area contributed by atoms with Gasteiger partial charge in [-0.05, 0) is 53.9 Å². The average molecular weight is 611 g/mol. The second-order valence-electron chi connectivity index (χ2n) is 12.5. The zero-order chi connectivity index (χ0) is 30.8. The summed E-state index contributed by atoms with van der Waals surface area (Å²) in [6, 6.07) is 43.0. The molecule has 1 aromatic heterocycles. The van der Waals surface area contributed by atoms with Crippen LogP contribution in [0.3, 0.4) is 0 Å². The van der Waals surface area contributed by atoms with Crippen LogP contribution < -0.4 is 4.90 Å². The predicted molar refractivity (Wildman–Crippen MR) is 190 cm³/mol. The molecule has 0 spiro atoms. The van der Waals surface area contributed by atoms with Crippen molar-refractivity contribution >= 4 is 48.7 Å². The molecule has 0 fully saturated rings. The molecule has 5 aromatic carbocycles. The standard InChI is InChI=1S/C41H30N4S/c1-41-23-8-7-15-35(41)34-22-21-33-32-14-5-6-16-36(32)46-38(33)37(34)45(41)31-13-9-12-30(24-31)40-43-39(29-19-17-27(25-42)18-20-29)44(40)26-28-10-3-2-4-11-28/h2-24,35,39H,26H2,1H3/t35?,39-,41?/m0/s1. The molecular formula is C41H30N4S. The third kappa shape index (κ3) is 4.00. The number of amidine groups is 1. The molecule has 3 heterocycles. The minimum Gasteiger partial charge on any atom is -0.330 e. The first-order valence-corrected chi connectivity index (χ1v) is 16.5. The van der Waals surface area contributed by atoms with Gasteiger partial charge in [0.05, 0.1) is 27.6 Å². The first kappa shape index (κ1) is 26.9. The number of hydrogen-bond donors (Lipinski definition) is 0. The molecule has 4 nitrogen and oxygen atoms in total. The molecule has 6 aromatic rings. The molecule has 0 bridgehead atoms. The van der Waals surface area contributed by atoms with Crippen LogP contribution in [0.5, 0.6) is 0 Å². The quantitative estimate of drug-likeness (QED) is 0.195. The van der Waals surface area contributed by atoms with E-state index in [1.165, 1.54) is 37.0 Å². The summed E-state index contributed by atoms with van der Waals surface area (Å²) in [7, 11) is 0. The minimum atomic E-state index is -0.240. The van der Waals surface area contributed by atoms with Gasteiger partial charge >= 0.3 is 0 Å². The molecule has 220 valence electrons. The highest BCUT2D eigenvalue weighted by Crippen LogP contribution is 2.58. The normalized spacial score (nSPS) is 21.2. The van der Waals surface area contributed by atoms with Crippen molar-refractivity contribution in [2.24, 2.45) is 4.99 Å². The van der Waals surface area contributed by atoms with E-state index in [1.807, 2.05) is 35.6 Å². The minimum absolute atomic E-state index is 0.106. The number of allylic oxidation sites excluding steroid dienone is 2. The van der Waals surface area contributed by atoms with Gasteiger partial charge in [-0.3, -0.25) is 0 Å². The highest BCUT2D eigenvalue weighted by atomic mass is 32.1. The third-order valence-corrected chi connectivity index (χ3v) is 11.0. The highest BCUT2D eigenvalue weighted by Gasteiger charge is 2.48. The summed E-state index contributed by atoms with van der Waals surface area (Å²) >= 11 is 1.90. The maximum atomic E-state index is 9.34. The summed E-state index contributed by atoms with van der Waals surface area (Å²) in [6.07, 6.45) is 9.01.